The highest BCUT2D eigenvalue weighted by Crippen LogP contribution is 2.20. The summed E-state index contributed by atoms with van der Waals surface area (Å²) in [5.41, 5.74) is 2.70. The Kier molecular flexibility index (Phi) is 4.17. The molecule has 7 nitrogen and oxygen atoms in total. The van der Waals surface area contributed by atoms with E-state index in [0.717, 1.165) is 23.4 Å². The SMILES string of the molecule is Cc1noc(C)c1COC1CCN(C(=O)c2cc(C#N)c[nH]2)C1. The van der Waals surface area contributed by atoms with Crippen LogP contribution in [0.5, 0.6) is 0 Å². The first-order valence-electron chi connectivity index (χ1n) is 7.49. The van der Waals surface area contributed by atoms with Crippen molar-refractivity contribution in [2.75, 3.05) is 13.1 Å². The molecule has 1 N–H and O–H groups in total. The van der Waals surface area contributed by atoms with E-state index in [1.165, 1.54) is 6.20 Å². The van der Waals surface area contributed by atoms with E-state index in [1.54, 1.807) is 11.0 Å². The van der Waals surface area contributed by atoms with Crippen LogP contribution < -0.4 is 0 Å². The summed E-state index contributed by atoms with van der Waals surface area (Å²) >= 11 is 0. The van der Waals surface area contributed by atoms with Gasteiger partial charge >= 0.3 is 0 Å². The summed E-state index contributed by atoms with van der Waals surface area (Å²) in [6.45, 7) is 5.38. The Labute approximate surface area is 133 Å². The van der Waals surface area contributed by atoms with Crippen LogP contribution in [-0.4, -0.2) is 40.1 Å². The number of aromatic nitrogens is 2. The molecule has 23 heavy (non-hydrogen) atoms. The van der Waals surface area contributed by atoms with E-state index in [0.29, 0.717) is 31.0 Å². The molecule has 120 valence electrons. The highest BCUT2D eigenvalue weighted by Gasteiger charge is 2.28. The zero-order valence-corrected chi connectivity index (χ0v) is 13.1. The number of hydrogen-bond donors (Lipinski definition) is 1. The van der Waals surface area contributed by atoms with Crippen molar-refractivity contribution in [3.05, 3.63) is 40.5 Å². The first-order chi connectivity index (χ1) is 11.1. The van der Waals surface area contributed by atoms with Crippen molar-refractivity contribution in [2.45, 2.75) is 33.0 Å². The van der Waals surface area contributed by atoms with Crippen LogP contribution in [0.3, 0.4) is 0 Å². The summed E-state index contributed by atoms with van der Waals surface area (Å²) in [7, 11) is 0. The molecule has 1 saturated heterocycles. The first-order valence-corrected chi connectivity index (χ1v) is 7.49. The number of nitriles is 1. The minimum atomic E-state index is -0.102. The van der Waals surface area contributed by atoms with Gasteiger partial charge in [-0.2, -0.15) is 5.26 Å². The molecule has 0 spiro atoms. The fraction of sp³-hybridized carbons (Fsp3) is 0.438. The van der Waals surface area contributed by atoms with E-state index < -0.39 is 0 Å². The largest absolute Gasteiger partial charge is 0.371 e. The summed E-state index contributed by atoms with van der Waals surface area (Å²) in [5.74, 6) is 0.666. The summed E-state index contributed by atoms with van der Waals surface area (Å²) in [6.07, 6.45) is 2.33. The van der Waals surface area contributed by atoms with Gasteiger partial charge in [0.1, 0.15) is 17.5 Å². The lowest BCUT2D eigenvalue weighted by molar-refractivity contribution is 0.0429. The van der Waals surface area contributed by atoms with Crippen LogP contribution in [0.15, 0.2) is 16.8 Å². The maximum absolute atomic E-state index is 12.4. The van der Waals surface area contributed by atoms with E-state index in [4.69, 9.17) is 14.5 Å². The molecular formula is C16H18N4O3. The topological polar surface area (TPSA) is 95.2 Å². The molecule has 1 aliphatic heterocycles. The van der Waals surface area contributed by atoms with Crippen molar-refractivity contribution in [1.82, 2.24) is 15.0 Å². The molecule has 3 rings (SSSR count). The van der Waals surface area contributed by atoms with Gasteiger partial charge in [0, 0.05) is 24.8 Å². The van der Waals surface area contributed by atoms with Crippen molar-refractivity contribution < 1.29 is 14.1 Å². The zero-order chi connectivity index (χ0) is 16.4. The van der Waals surface area contributed by atoms with Crippen LogP contribution in [-0.2, 0) is 11.3 Å². The maximum Gasteiger partial charge on any atom is 0.270 e. The standard InChI is InChI=1S/C16H18N4O3/c1-10-14(11(2)23-19-10)9-22-13-3-4-20(8-13)16(21)15-5-12(6-17)7-18-15/h5,7,13,18H,3-4,8-9H2,1-2H3. The van der Waals surface area contributed by atoms with Gasteiger partial charge in [-0.05, 0) is 26.3 Å². The fourth-order valence-corrected chi connectivity index (χ4v) is 2.71. The molecule has 0 aliphatic carbocycles. The molecule has 0 radical (unpaired) electrons. The van der Waals surface area contributed by atoms with Gasteiger partial charge in [0.25, 0.3) is 5.91 Å². The quantitative estimate of drug-likeness (QED) is 0.930. The van der Waals surface area contributed by atoms with E-state index in [1.807, 2.05) is 19.9 Å². The molecule has 0 aromatic carbocycles. The predicted molar refractivity (Wildman–Crippen MR) is 80.6 cm³/mol. The number of nitrogens with zero attached hydrogens (tertiary/aromatic N) is 3. The molecule has 1 fully saturated rings. The lowest BCUT2D eigenvalue weighted by atomic mass is 10.2. The minimum absolute atomic E-state index is 0.00181. The van der Waals surface area contributed by atoms with Crippen molar-refractivity contribution >= 4 is 5.91 Å². The van der Waals surface area contributed by atoms with Gasteiger partial charge in [0.2, 0.25) is 0 Å². The molecule has 0 bridgehead atoms. The first kappa shape index (κ1) is 15.3. The van der Waals surface area contributed by atoms with Gasteiger partial charge in [0.05, 0.1) is 24.0 Å². The third-order valence-corrected chi connectivity index (χ3v) is 4.12. The van der Waals surface area contributed by atoms with Crippen molar-refractivity contribution in [3.63, 3.8) is 0 Å². The zero-order valence-electron chi connectivity index (χ0n) is 13.1. The Morgan fingerprint density at radius 3 is 3.09 bits per heavy atom. The number of aromatic amines is 1. The fourth-order valence-electron chi connectivity index (χ4n) is 2.71. The number of nitrogens with one attached hydrogen (secondary N) is 1. The second-order valence-electron chi connectivity index (χ2n) is 5.69. The summed E-state index contributed by atoms with van der Waals surface area (Å²) < 4.78 is 11.0. The second-order valence-corrected chi connectivity index (χ2v) is 5.69. The van der Waals surface area contributed by atoms with Gasteiger partial charge in [-0.3, -0.25) is 4.79 Å². The van der Waals surface area contributed by atoms with Crippen LogP contribution >= 0.6 is 0 Å². The van der Waals surface area contributed by atoms with Gasteiger partial charge in [-0.15, -0.1) is 0 Å². The van der Waals surface area contributed by atoms with E-state index >= 15 is 0 Å². The van der Waals surface area contributed by atoms with Crippen LogP contribution in [0.4, 0.5) is 0 Å². The molecule has 1 aliphatic rings. The van der Waals surface area contributed by atoms with Crippen LogP contribution in [0, 0.1) is 25.2 Å². The number of carbonyl (C=O) groups is 1. The minimum Gasteiger partial charge on any atom is -0.371 e. The molecule has 1 atom stereocenters. The number of likely N-dealkylation sites (tertiary alicyclic amines) is 1. The molecule has 1 unspecified atom stereocenters. The van der Waals surface area contributed by atoms with E-state index in [-0.39, 0.29) is 12.0 Å². The summed E-state index contributed by atoms with van der Waals surface area (Å²) in [6, 6.07) is 3.58. The van der Waals surface area contributed by atoms with Gasteiger partial charge in [0.15, 0.2) is 0 Å². The van der Waals surface area contributed by atoms with Crippen molar-refractivity contribution in [2.24, 2.45) is 0 Å². The normalized spacial score (nSPS) is 17.4. The second kappa shape index (κ2) is 6.26. The maximum atomic E-state index is 12.4. The number of H-pyrrole nitrogens is 1. The number of amides is 1. The Bertz CT molecular complexity index is 736. The van der Waals surface area contributed by atoms with Crippen molar-refractivity contribution in [3.8, 4) is 6.07 Å². The molecule has 0 saturated carbocycles. The monoisotopic (exact) mass is 314 g/mol. The molecule has 2 aromatic heterocycles. The van der Waals surface area contributed by atoms with Gasteiger partial charge in [-0.25, -0.2) is 0 Å². The Hall–Kier alpha value is -2.59. The Morgan fingerprint density at radius 1 is 1.61 bits per heavy atom. The van der Waals surface area contributed by atoms with Crippen molar-refractivity contribution in [1.29, 1.82) is 5.26 Å². The number of hydrogen-bond acceptors (Lipinski definition) is 5. The lowest BCUT2D eigenvalue weighted by Gasteiger charge is -2.16. The number of aryl methyl sites for hydroxylation is 2. The third kappa shape index (κ3) is 3.12. The van der Waals surface area contributed by atoms with Crippen LogP contribution in [0.25, 0.3) is 0 Å². The highest BCUT2D eigenvalue weighted by atomic mass is 16.5. The molecule has 1 amide bonds. The van der Waals surface area contributed by atoms with Gasteiger partial charge < -0.3 is 19.1 Å². The van der Waals surface area contributed by atoms with E-state index in [9.17, 15) is 4.79 Å². The van der Waals surface area contributed by atoms with Crippen LogP contribution in [0.2, 0.25) is 0 Å². The Morgan fingerprint density at radius 2 is 2.43 bits per heavy atom. The summed E-state index contributed by atoms with van der Waals surface area (Å²) in [5, 5.41) is 12.7. The van der Waals surface area contributed by atoms with E-state index in [2.05, 4.69) is 10.1 Å². The predicted octanol–water partition coefficient (Wildman–Crippen LogP) is 1.92. The average Bonchev–Trinajstić information content (AvgIpc) is 3.26. The molecule has 3 heterocycles. The third-order valence-electron chi connectivity index (χ3n) is 4.12. The lowest BCUT2D eigenvalue weighted by Crippen LogP contribution is -2.30. The molecule has 2 aromatic rings. The highest BCUT2D eigenvalue weighted by molar-refractivity contribution is 5.93. The number of rotatable bonds is 4. The average molecular weight is 314 g/mol. The Balaban J connectivity index is 1.56. The number of ether oxygens (including phenoxy) is 1. The molecular weight excluding hydrogens is 296 g/mol. The smallest absolute Gasteiger partial charge is 0.270 e. The number of carbonyl (C=O) groups excluding carboxylic acids is 1. The van der Waals surface area contributed by atoms with Crippen LogP contribution in [0.1, 0.15) is 39.5 Å². The van der Waals surface area contributed by atoms with Gasteiger partial charge in [-0.1, -0.05) is 5.16 Å². The summed E-state index contributed by atoms with van der Waals surface area (Å²) in [4.78, 5) is 17.0. The molecule has 7 heteroatoms.